The Morgan fingerprint density at radius 2 is 1.29 bits per heavy atom. The second-order valence-corrected chi connectivity index (χ2v) is 4.73. The van der Waals surface area contributed by atoms with Crippen molar-refractivity contribution in [3.8, 4) is 0 Å². The number of rotatable bonds is 2. The van der Waals surface area contributed by atoms with Crippen LogP contribution in [-0.4, -0.2) is 13.2 Å². The van der Waals surface area contributed by atoms with Gasteiger partial charge in [0.15, 0.2) is 0 Å². The van der Waals surface area contributed by atoms with Crippen molar-refractivity contribution >= 4 is 0 Å². The average molecular weight is 194 g/mol. The van der Waals surface area contributed by atoms with Crippen LogP contribution in [0.4, 0.5) is 0 Å². The van der Waals surface area contributed by atoms with Crippen LogP contribution in [0.2, 0.25) is 0 Å². The zero-order chi connectivity index (χ0) is 9.64. The Morgan fingerprint density at radius 1 is 0.714 bits per heavy atom. The third-order valence-electron chi connectivity index (χ3n) is 3.57. The number of hydrogen-bond acceptors (Lipinski definition) is 1. The molecular formula is C13H22O. The summed E-state index contributed by atoms with van der Waals surface area (Å²) in [5, 5.41) is 0. The van der Waals surface area contributed by atoms with E-state index in [0.717, 1.165) is 25.0 Å². The molecule has 1 saturated heterocycles. The van der Waals surface area contributed by atoms with Crippen LogP contribution in [0.25, 0.3) is 0 Å². The molecule has 2 aliphatic rings. The highest BCUT2D eigenvalue weighted by molar-refractivity contribution is 4.94. The number of allylic oxidation sites excluding steroid dienone is 2. The van der Waals surface area contributed by atoms with Gasteiger partial charge in [0.2, 0.25) is 0 Å². The normalized spacial score (nSPS) is 27.1. The molecule has 2 rings (SSSR count). The van der Waals surface area contributed by atoms with Crippen LogP contribution < -0.4 is 0 Å². The Balaban J connectivity index is 1.73. The third kappa shape index (κ3) is 3.13. The predicted molar refractivity (Wildman–Crippen MR) is 59.3 cm³/mol. The fourth-order valence-electron chi connectivity index (χ4n) is 2.55. The lowest BCUT2D eigenvalue weighted by Gasteiger charge is -2.21. The largest absolute Gasteiger partial charge is 0.381 e. The maximum Gasteiger partial charge on any atom is 0.0471 e. The molecule has 0 aromatic heterocycles. The fraction of sp³-hybridized carbons (Fsp3) is 0.846. The lowest BCUT2D eigenvalue weighted by molar-refractivity contribution is 0.0784. The van der Waals surface area contributed by atoms with Crippen molar-refractivity contribution in [3.05, 3.63) is 12.2 Å². The Bertz CT molecular complexity index is 154. The van der Waals surface area contributed by atoms with Crippen molar-refractivity contribution in [3.63, 3.8) is 0 Å². The van der Waals surface area contributed by atoms with Crippen molar-refractivity contribution in [2.75, 3.05) is 13.2 Å². The minimum Gasteiger partial charge on any atom is -0.381 e. The molecular weight excluding hydrogens is 172 g/mol. The fourth-order valence-corrected chi connectivity index (χ4v) is 2.55. The van der Waals surface area contributed by atoms with Crippen molar-refractivity contribution < 1.29 is 4.74 Å². The molecule has 1 aliphatic heterocycles. The molecule has 1 heteroatoms. The Hall–Kier alpha value is -0.300. The first kappa shape index (κ1) is 10.2. The third-order valence-corrected chi connectivity index (χ3v) is 3.57. The van der Waals surface area contributed by atoms with Gasteiger partial charge in [-0.25, -0.2) is 0 Å². The minimum atomic E-state index is 0.811. The van der Waals surface area contributed by atoms with Crippen LogP contribution >= 0.6 is 0 Å². The molecule has 1 nitrogen and oxygen atoms in total. The van der Waals surface area contributed by atoms with Gasteiger partial charge in [-0.2, -0.15) is 0 Å². The first-order chi connectivity index (χ1) is 6.95. The highest BCUT2D eigenvalue weighted by Crippen LogP contribution is 2.26. The average Bonchev–Trinajstić information content (AvgIpc) is 2.29. The maximum absolute atomic E-state index is 5.36. The van der Waals surface area contributed by atoms with Gasteiger partial charge in [0.25, 0.3) is 0 Å². The molecule has 80 valence electrons. The monoisotopic (exact) mass is 194 g/mol. The standard InChI is InChI=1S/C13H22O/c1-2-4-12(5-3-1)6-7-13-8-10-14-11-9-13/h6-7,12-13H,1-5,8-11H2. The van der Waals surface area contributed by atoms with Gasteiger partial charge < -0.3 is 4.74 Å². The van der Waals surface area contributed by atoms with E-state index >= 15 is 0 Å². The highest BCUT2D eigenvalue weighted by Gasteiger charge is 2.13. The predicted octanol–water partition coefficient (Wildman–Crippen LogP) is 3.55. The summed E-state index contributed by atoms with van der Waals surface area (Å²) in [5.74, 6) is 1.71. The molecule has 0 spiro atoms. The molecule has 0 unspecified atom stereocenters. The molecule has 0 radical (unpaired) electrons. The van der Waals surface area contributed by atoms with Crippen LogP contribution in [-0.2, 0) is 4.74 Å². The van der Waals surface area contributed by atoms with Crippen molar-refractivity contribution in [2.45, 2.75) is 44.9 Å². The van der Waals surface area contributed by atoms with E-state index in [1.54, 1.807) is 0 Å². The Labute approximate surface area is 87.5 Å². The summed E-state index contributed by atoms with van der Waals surface area (Å²) in [6.07, 6.45) is 14.7. The lowest BCUT2D eigenvalue weighted by atomic mass is 9.87. The van der Waals surface area contributed by atoms with E-state index in [9.17, 15) is 0 Å². The summed E-state index contributed by atoms with van der Waals surface area (Å²) in [5.41, 5.74) is 0. The van der Waals surface area contributed by atoms with Gasteiger partial charge >= 0.3 is 0 Å². The quantitative estimate of drug-likeness (QED) is 0.611. The molecule has 2 fully saturated rings. The molecule has 0 N–H and O–H groups in total. The first-order valence-electron chi connectivity index (χ1n) is 6.21. The second kappa shape index (κ2) is 5.55. The van der Waals surface area contributed by atoms with E-state index in [2.05, 4.69) is 12.2 Å². The van der Waals surface area contributed by atoms with E-state index in [1.807, 2.05) is 0 Å². The molecule has 1 aliphatic carbocycles. The topological polar surface area (TPSA) is 9.23 Å². The van der Waals surface area contributed by atoms with Gasteiger partial charge in [-0.3, -0.25) is 0 Å². The Morgan fingerprint density at radius 3 is 1.93 bits per heavy atom. The van der Waals surface area contributed by atoms with Crippen molar-refractivity contribution in [1.82, 2.24) is 0 Å². The molecule has 1 saturated carbocycles. The number of ether oxygens (including phenoxy) is 1. The van der Waals surface area contributed by atoms with Gasteiger partial charge in [0, 0.05) is 13.2 Å². The summed E-state index contributed by atoms with van der Waals surface area (Å²) in [4.78, 5) is 0. The van der Waals surface area contributed by atoms with E-state index < -0.39 is 0 Å². The molecule has 0 aromatic rings. The van der Waals surface area contributed by atoms with Gasteiger partial charge in [-0.1, -0.05) is 31.4 Å². The van der Waals surface area contributed by atoms with Gasteiger partial charge in [-0.05, 0) is 37.5 Å². The molecule has 1 heterocycles. The van der Waals surface area contributed by atoms with Crippen LogP contribution in [0.15, 0.2) is 12.2 Å². The highest BCUT2D eigenvalue weighted by atomic mass is 16.5. The lowest BCUT2D eigenvalue weighted by Crippen LogP contribution is -2.14. The van der Waals surface area contributed by atoms with Crippen LogP contribution in [0.1, 0.15) is 44.9 Å². The van der Waals surface area contributed by atoms with Crippen LogP contribution in [0.5, 0.6) is 0 Å². The first-order valence-corrected chi connectivity index (χ1v) is 6.21. The molecule has 0 atom stereocenters. The summed E-state index contributed by atoms with van der Waals surface area (Å²) in [7, 11) is 0. The number of hydrogen-bond donors (Lipinski definition) is 0. The smallest absolute Gasteiger partial charge is 0.0471 e. The van der Waals surface area contributed by atoms with Crippen LogP contribution in [0, 0.1) is 11.8 Å². The molecule has 0 aromatic carbocycles. The van der Waals surface area contributed by atoms with Crippen LogP contribution in [0.3, 0.4) is 0 Å². The van der Waals surface area contributed by atoms with Crippen molar-refractivity contribution in [1.29, 1.82) is 0 Å². The van der Waals surface area contributed by atoms with Crippen molar-refractivity contribution in [2.24, 2.45) is 11.8 Å². The van der Waals surface area contributed by atoms with E-state index in [-0.39, 0.29) is 0 Å². The second-order valence-electron chi connectivity index (χ2n) is 4.73. The van der Waals surface area contributed by atoms with Gasteiger partial charge in [-0.15, -0.1) is 0 Å². The van der Waals surface area contributed by atoms with E-state index in [1.165, 1.54) is 44.9 Å². The summed E-state index contributed by atoms with van der Waals surface area (Å²) < 4.78 is 5.36. The zero-order valence-corrected chi connectivity index (χ0v) is 9.08. The molecule has 0 bridgehead atoms. The Kier molecular flexibility index (Phi) is 4.05. The van der Waals surface area contributed by atoms with Gasteiger partial charge in [0.05, 0.1) is 0 Å². The zero-order valence-electron chi connectivity index (χ0n) is 9.08. The maximum atomic E-state index is 5.36. The van der Waals surface area contributed by atoms with Gasteiger partial charge in [0.1, 0.15) is 0 Å². The molecule has 0 amide bonds. The summed E-state index contributed by atoms with van der Waals surface area (Å²) >= 11 is 0. The summed E-state index contributed by atoms with van der Waals surface area (Å²) in [6, 6.07) is 0. The SMILES string of the molecule is C(=CC1CCOCC1)C1CCCCC1. The summed E-state index contributed by atoms with van der Waals surface area (Å²) in [6.45, 7) is 1.94. The minimum absolute atomic E-state index is 0.811. The van der Waals surface area contributed by atoms with E-state index in [0.29, 0.717) is 0 Å². The molecule has 14 heavy (non-hydrogen) atoms. The van der Waals surface area contributed by atoms with E-state index in [4.69, 9.17) is 4.74 Å².